The Morgan fingerprint density at radius 2 is 1.80 bits per heavy atom. The van der Waals surface area contributed by atoms with Crippen LogP contribution >= 0.6 is 0 Å². The van der Waals surface area contributed by atoms with Gasteiger partial charge in [-0.3, -0.25) is 0 Å². The molecule has 0 amide bonds. The molecule has 1 aliphatic rings. The van der Waals surface area contributed by atoms with Crippen LogP contribution in [0.3, 0.4) is 0 Å². The van der Waals surface area contributed by atoms with Crippen molar-refractivity contribution < 1.29 is 14.9 Å². The van der Waals surface area contributed by atoms with Crippen molar-refractivity contribution in [1.29, 1.82) is 0 Å². The van der Waals surface area contributed by atoms with Crippen molar-refractivity contribution in [2.45, 2.75) is 31.5 Å². The maximum absolute atomic E-state index is 9.60. The van der Waals surface area contributed by atoms with E-state index in [-0.39, 0.29) is 12.2 Å². The topological polar surface area (TPSA) is 52.9 Å². The molecular formula is C16H27NO3. The van der Waals surface area contributed by atoms with E-state index in [1.807, 2.05) is 44.4 Å². The van der Waals surface area contributed by atoms with Crippen LogP contribution in [0, 0.1) is 5.92 Å². The third kappa shape index (κ3) is 6.37. The molecule has 0 saturated heterocycles. The molecule has 3 atom stereocenters. The van der Waals surface area contributed by atoms with E-state index >= 15 is 0 Å². The first kappa shape index (κ1) is 17.0. The van der Waals surface area contributed by atoms with Gasteiger partial charge in [-0.15, -0.1) is 0 Å². The number of benzene rings is 1. The molecule has 2 N–H and O–H groups in total. The van der Waals surface area contributed by atoms with Gasteiger partial charge in [0.15, 0.2) is 0 Å². The third-order valence-corrected chi connectivity index (χ3v) is 3.51. The highest BCUT2D eigenvalue weighted by molar-refractivity contribution is 5.20. The summed E-state index contributed by atoms with van der Waals surface area (Å²) in [5.41, 5.74) is 0. The van der Waals surface area contributed by atoms with Gasteiger partial charge < -0.3 is 19.8 Å². The molecule has 0 unspecified atom stereocenters. The largest absolute Gasteiger partial charge is 0.497 e. The fourth-order valence-corrected chi connectivity index (χ4v) is 2.43. The van der Waals surface area contributed by atoms with Crippen LogP contribution < -0.4 is 4.74 Å². The molecule has 1 aromatic rings. The Hall–Kier alpha value is -1.10. The molecule has 0 radical (unpaired) electrons. The van der Waals surface area contributed by atoms with Crippen LogP contribution in [0.1, 0.15) is 19.3 Å². The van der Waals surface area contributed by atoms with Crippen LogP contribution in [0.4, 0.5) is 0 Å². The monoisotopic (exact) mass is 281 g/mol. The number of aliphatic hydroxyl groups is 2. The van der Waals surface area contributed by atoms with Gasteiger partial charge in [0.05, 0.1) is 19.3 Å². The molecule has 0 aliphatic heterocycles. The Morgan fingerprint density at radius 3 is 2.25 bits per heavy atom. The molecule has 0 bridgehead atoms. The molecule has 1 fully saturated rings. The van der Waals surface area contributed by atoms with E-state index in [2.05, 4.69) is 4.90 Å². The summed E-state index contributed by atoms with van der Waals surface area (Å²) in [4.78, 5) is 2.09. The Balaban J connectivity index is 0.000000217. The van der Waals surface area contributed by atoms with Crippen LogP contribution in [0.15, 0.2) is 30.3 Å². The molecular weight excluding hydrogens is 254 g/mol. The number of ether oxygens (including phenoxy) is 1. The van der Waals surface area contributed by atoms with Gasteiger partial charge in [-0.05, 0) is 51.4 Å². The van der Waals surface area contributed by atoms with Crippen LogP contribution in [0.25, 0.3) is 0 Å². The van der Waals surface area contributed by atoms with E-state index in [1.165, 1.54) is 0 Å². The number of hydrogen-bond acceptors (Lipinski definition) is 4. The average molecular weight is 281 g/mol. The lowest BCUT2D eigenvalue weighted by Gasteiger charge is -2.32. The number of methoxy groups -OCH3 is 1. The fourth-order valence-electron chi connectivity index (χ4n) is 2.43. The summed E-state index contributed by atoms with van der Waals surface area (Å²) in [5.74, 6) is 1.26. The highest BCUT2D eigenvalue weighted by atomic mass is 16.5. The first-order chi connectivity index (χ1) is 9.52. The second kappa shape index (κ2) is 8.95. The van der Waals surface area contributed by atoms with Crippen molar-refractivity contribution in [1.82, 2.24) is 4.90 Å². The van der Waals surface area contributed by atoms with Crippen LogP contribution in [0.2, 0.25) is 0 Å². The highest BCUT2D eigenvalue weighted by Crippen LogP contribution is 2.24. The summed E-state index contributed by atoms with van der Waals surface area (Å²) in [6.45, 7) is 0.924. The summed E-state index contributed by atoms with van der Waals surface area (Å²) in [6.07, 6.45) is 1.75. The second-order valence-electron chi connectivity index (χ2n) is 5.57. The zero-order chi connectivity index (χ0) is 15.0. The maximum Gasteiger partial charge on any atom is 0.118 e. The first-order valence-electron chi connectivity index (χ1n) is 7.12. The number of nitrogens with zero attached hydrogens (tertiary/aromatic N) is 1. The van der Waals surface area contributed by atoms with Crippen molar-refractivity contribution in [2.24, 2.45) is 5.92 Å². The van der Waals surface area contributed by atoms with Crippen molar-refractivity contribution >= 4 is 0 Å². The maximum atomic E-state index is 9.60. The van der Waals surface area contributed by atoms with E-state index in [4.69, 9.17) is 4.74 Å². The molecule has 0 aromatic heterocycles. The van der Waals surface area contributed by atoms with E-state index < -0.39 is 0 Å². The predicted octanol–water partition coefficient (Wildman–Crippen LogP) is 1.77. The summed E-state index contributed by atoms with van der Waals surface area (Å²) in [7, 11) is 5.69. The van der Waals surface area contributed by atoms with Crippen molar-refractivity contribution in [3.63, 3.8) is 0 Å². The van der Waals surface area contributed by atoms with Gasteiger partial charge in [-0.2, -0.15) is 0 Å². The Kier molecular flexibility index (Phi) is 7.59. The van der Waals surface area contributed by atoms with Crippen molar-refractivity contribution in [2.75, 3.05) is 27.7 Å². The lowest BCUT2D eigenvalue weighted by Crippen LogP contribution is -2.37. The summed E-state index contributed by atoms with van der Waals surface area (Å²) >= 11 is 0. The number of aliphatic hydroxyl groups excluding tert-OH is 2. The minimum absolute atomic E-state index is 0.279. The number of para-hydroxylation sites is 1. The van der Waals surface area contributed by atoms with Gasteiger partial charge in [0, 0.05) is 6.54 Å². The number of rotatable bonds is 3. The highest BCUT2D eigenvalue weighted by Gasteiger charge is 2.27. The molecule has 0 spiro atoms. The zero-order valence-corrected chi connectivity index (χ0v) is 12.7. The Labute approximate surface area is 122 Å². The van der Waals surface area contributed by atoms with Gasteiger partial charge in [-0.25, -0.2) is 0 Å². The molecule has 2 rings (SSSR count). The van der Waals surface area contributed by atoms with E-state index in [9.17, 15) is 10.2 Å². The SMILES string of the molecule is CN(C)C[C@H]1CC[C@@H](O)C[C@H]1O.COc1ccccc1. The molecule has 114 valence electrons. The lowest BCUT2D eigenvalue weighted by molar-refractivity contribution is -0.00631. The molecule has 20 heavy (non-hydrogen) atoms. The zero-order valence-electron chi connectivity index (χ0n) is 12.7. The molecule has 0 heterocycles. The first-order valence-corrected chi connectivity index (χ1v) is 7.12. The lowest BCUT2D eigenvalue weighted by atomic mass is 9.84. The van der Waals surface area contributed by atoms with Gasteiger partial charge in [0.2, 0.25) is 0 Å². The quantitative estimate of drug-likeness (QED) is 0.886. The Bertz CT molecular complexity index is 356. The normalized spacial score (nSPS) is 25.8. The second-order valence-corrected chi connectivity index (χ2v) is 5.57. The van der Waals surface area contributed by atoms with Crippen molar-refractivity contribution in [3.05, 3.63) is 30.3 Å². The van der Waals surface area contributed by atoms with Gasteiger partial charge in [0.1, 0.15) is 5.75 Å². The van der Waals surface area contributed by atoms with E-state index in [0.717, 1.165) is 25.1 Å². The van der Waals surface area contributed by atoms with Gasteiger partial charge in [0.25, 0.3) is 0 Å². The van der Waals surface area contributed by atoms with E-state index in [0.29, 0.717) is 12.3 Å². The van der Waals surface area contributed by atoms with E-state index in [1.54, 1.807) is 7.11 Å². The smallest absolute Gasteiger partial charge is 0.118 e. The summed E-state index contributed by atoms with van der Waals surface area (Å²) in [6, 6.07) is 9.68. The summed E-state index contributed by atoms with van der Waals surface area (Å²) < 4.78 is 4.91. The molecule has 1 saturated carbocycles. The number of hydrogen-bond donors (Lipinski definition) is 2. The minimum atomic E-state index is -0.309. The average Bonchev–Trinajstić information content (AvgIpc) is 2.43. The standard InChI is InChI=1S/C9H19NO2.C7H8O/c1-10(2)6-7-3-4-8(11)5-9(7)12;1-8-7-5-3-2-4-6-7/h7-9,11-12H,3-6H2,1-2H3;2-6H,1H3/t7-,8-,9-;/m1./s1. The third-order valence-electron chi connectivity index (χ3n) is 3.51. The van der Waals surface area contributed by atoms with Crippen LogP contribution in [-0.2, 0) is 0 Å². The molecule has 1 aromatic carbocycles. The van der Waals surface area contributed by atoms with Gasteiger partial charge in [-0.1, -0.05) is 18.2 Å². The van der Waals surface area contributed by atoms with Crippen molar-refractivity contribution in [3.8, 4) is 5.75 Å². The van der Waals surface area contributed by atoms with Crippen LogP contribution in [0.5, 0.6) is 5.75 Å². The predicted molar refractivity (Wildman–Crippen MR) is 80.9 cm³/mol. The van der Waals surface area contributed by atoms with Crippen LogP contribution in [-0.4, -0.2) is 55.1 Å². The summed E-state index contributed by atoms with van der Waals surface area (Å²) in [5, 5.41) is 18.9. The molecule has 4 nitrogen and oxygen atoms in total. The fraction of sp³-hybridized carbons (Fsp3) is 0.625. The molecule has 1 aliphatic carbocycles. The van der Waals surface area contributed by atoms with Gasteiger partial charge >= 0.3 is 0 Å². The molecule has 4 heteroatoms. The Morgan fingerprint density at radius 1 is 1.15 bits per heavy atom. The minimum Gasteiger partial charge on any atom is -0.497 e.